The van der Waals surface area contributed by atoms with Crippen molar-refractivity contribution in [2.24, 2.45) is 5.73 Å². The zero-order valence-corrected chi connectivity index (χ0v) is 8.17. The molecular weight excluding hydrogens is 206 g/mol. The molecule has 76 valence electrons. The number of carbonyl (C=O) groups is 1. The first kappa shape index (κ1) is 10.7. The summed E-state index contributed by atoms with van der Waals surface area (Å²) in [6.07, 6.45) is 0. The van der Waals surface area contributed by atoms with E-state index < -0.39 is 5.91 Å². The summed E-state index contributed by atoms with van der Waals surface area (Å²) in [5.41, 5.74) is 5.55. The van der Waals surface area contributed by atoms with Gasteiger partial charge in [-0.2, -0.15) is 0 Å². The number of halogens is 1. The molecule has 0 spiro atoms. The van der Waals surface area contributed by atoms with Crippen molar-refractivity contribution in [2.45, 2.75) is 0 Å². The lowest BCUT2D eigenvalue weighted by atomic mass is 10.2. The van der Waals surface area contributed by atoms with Crippen LogP contribution in [0.1, 0.15) is 10.4 Å². The SMILES string of the molecule is Cl.NC(=O)c1ccc2c(c1)OCCO2. The maximum absolute atomic E-state index is 10.8. The first-order valence-electron chi connectivity index (χ1n) is 3.97. The Labute approximate surface area is 87.4 Å². The van der Waals surface area contributed by atoms with Crippen molar-refractivity contribution in [3.63, 3.8) is 0 Å². The van der Waals surface area contributed by atoms with Crippen molar-refractivity contribution in [1.29, 1.82) is 0 Å². The fraction of sp³-hybridized carbons (Fsp3) is 0.222. The molecule has 1 aromatic rings. The Kier molecular flexibility index (Phi) is 3.19. The maximum atomic E-state index is 10.8. The fourth-order valence-electron chi connectivity index (χ4n) is 1.20. The normalized spacial score (nSPS) is 12.9. The molecule has 0 radical (unpaired) electrons. The molecule has 5 heteroatoms. The molecule has 1 amide bonds. The predicted molar refractivity (Wildman–Crippen MR) is 53.2 cm³/mol. The van der Waals surface area contributed by atoms with Gasteiger partial charge in [-0.15, -0.1) is 12.4 Å². The van der Waals surface area contributed by atoms with Gasteiger partial charge in [0.1, 0.15) is 13.2 Å². The van der Waals surface area contributed by atoms with E-state index in [1.807, 2.05) is 0 Å². The van der Waals surface area contributed by atoms with E-state index >= 15 is 0 Å². The summed E-state index contributed by atoms with van der Waals surface area (Å²) in [4.78, 5) is 10.8. The molecule has 14 heavy (non-hydrogen) atoms. The number of amides is 1. The highest BCUT2D eigenvalue weighted by molar-refractivity contribution is 5.93. The predicted octanol–water partition coefficient (Wildman–Crippen LogP) is 0.979. The average Bonchev–Trinajstić information content (AvgIpc) is 2.17. The van der Waals surface area contributed by atoms with Crippen LogP contribution >= 0.6 is 12.4 Å². The molecule has 0 bridgehead atoms. The van der Waals surface area contributed by atoms with Crippen molar-refractivity contribution in [3.8, 4) is 11.5 Å². The van der Waals surface area contributed by atoms with E-state index in [1.165, 1.54) is 0 Å². The molecule has 0 aliphatic carbocycles. The van der Waals surface area contributed by atoms with Gasteiger partial charge < -0.3 is 15.2 Å². The monoisotopic (exact) mass is 215 g/mol. The average molecular weight is 216 g/mol. The summed E-state index contributed by atoms with van der Waals surface area (Å²) in [5, 5.41) is 0. The standard InChI is InChI=1S/C9H9NO3.ClH/c10-9(11)6-1-2-7-8(5-6)13-4-3-12-7;/h1-2,5H,3-4H2,(H2,10,11);1H. The van der Waals surface area contributed by atoms with Crippen LogP contribution in [0.3, 0.4) is 0 Å². The third-order valence-corrected chi connectivity index (χ3v) is 1.83. The quantitative estimate of drug-likeness (QED) is 0.760. The second-order valence-corrected chi connectivity index (χ2v) is 2.72. The second kappa shape index (κ2) is 4.19. The number of hydrogen-bond acceptors (Lipinski definition) is 3. The number of benzene rings is 1. The minimum absolute atomic E-state index is 0. The van der Waals surface area contributed by atoms with Crippen LogP contribution in [0, 0.1) is 0 Å². The van der Waals surface area contributed by atoms with Crippen LogP contribution < -0.4 is 15.2 Å². The van der Waals surface area contributed by atoms with Gasteiger partial charge in [-0.05, 0) is 18.2 Å². The lowest BCUT2D eigenvalue weighted by Gasteiger charge is -2.18. The molecule has 1 aliphatic rings. The molecule has 2 rings (SSSR count). The Balaban J connectivity index is 0.000000980. The van der Waals surface area contributed by atoms with Crippen LogP contribution in [0.25, 0.3) is 0 Å². The smallest absolute Gasteiger partial charge is 0.248 e. The van der Waals surface area contributed by atoms with Gasteiger partial charge >= 0.3 is 0 Å². The van der Waals surface area contributed by atoms with E-state index in [9.17, 15) is 4.79 Å². The maximum Gasteiger partial charge on any atom is 0.248 e. The molecular formula is C9H10ClNO3. The Hall–Kier alpha value is -1.42. The number of rotatable bonds is 1. The number of primary amides is 1. The van der Waals surface area contributed by atoms with Crippen LogP contribution in [0.15, 0.2) is 18.2 Å². The molecule has 2 N–H and O–H groups in total. The third kappa shape index (κ3) is 1.90. The highest BCUT2D eigenvalue weighted by Gasteiger charge is 2.12. The fourth-order valence-corrected chi connectivity index (χ4v) is 1.20. The molecule has 0 fully saturated rings. The van der Waals surface area contributed by atoms with E-state index in [0.717, 1.165) is 0 Å². The molecule has 1 heterocycles. The molecule has 1 aliphatic heterocycles. The molecule has 4 nitrogen and oxygen atoms in total. The number of ether oxygens (including phenoxy) is 2. The number of nitrogens with two attached hydrogens (primary N) is 1. The van der Waals surface area contributed by atoms with Gasteiger partial charge in [0.05, 0.1) is 0 Å². The van der Waals surface area contributed by atoms with E-state index in [2.05, 4.69) is 0 Å². The van der Waals surface area contributed by atoms with Gasteiger partial charge in [0, 0.05) is 5.56 Å². The van der Waals surface area contributed by atoms with Crippen molar-refractivity contribution >= 4 is 18.3 Å². The van der Waals surface area contributed by atoms with Crippen molar-refractivity contribution in [1.82, 2.24) is 0 Å². The number of hydrogen-bond donors (Lipinski definition) is 1. The first-order chi connectivity index (χ1) is 6.27. The Morgan fingerprint density at radius 2 is 1.86 bits per heavy atom. The lowest BCUT2D eigenvalue weighted by Crippen LogP contribution is -2.17. The minimum atomic E-state index is -0.461. The van der Waals surface area contributed by atoms with E-state index in [1.54, 1.807) is 18.2 Å². The second-order valence-electron chi connectivity index (χ2n) is 2.72. The van der Waals surface area contributed by atoms with Crippen LogP contribution in [-0.4, -0.2) is 19.1 Å². The zero-order valence-electron chi connectivity index (χ0n) is 7.36. The topological polar surface area (TPSA) is 61.6 Å². The Morgan fingerprint density at radius 3 is 2.50 bits per heavy atom. The van der Waals surface area contributed by atoms with Crippen molar-refractivity contribution in [3.05, 3.63) is 23.8 Å². The number of carbonyl (C=O) groups excluding carboxylic acids is 1. The van der Waals surface area contributed by atoms with Gasteiger partial charge in [0.25, 0.3) is 0 Å². The Morgan fingerprint density at radius 1 is 1.21 bits per heavy atom. The van der Waals surface area contributed by atoms with Gasteiger partial charge in [0.2, 0.25) is 5.91 Å². The lowest BCUT2D eigenvalue weighted by molar-refractivity contribution is 0.0999. The molecule has 0 atom stereocenters. The minimum Gasteiger partial charge on any atom is -0.486 e. The Bertz CT molecular complexity index is 354. The molecule has 1 aromatic carbocycles. The molecule has 0 saturated carbocycles. The van der Waals surface area contributed by atoms with Gasteiger partial charge in [-0.1, -0.05) is 0 Å². The largest absolute Gasteiger partial charge is 0.486 e. The molecule has 0 unspecified atom stereocenters. The molecule has 0 aromatic heterocycles. The van der Waals surface area contributed by atoms with Crippen LogP contribution in [0.2, 0.25) is 0 Å². The molecule has 0 saturated heterocycles. The summed E-state index contributed by atoms with van der Waals surface area (Å²) in [6.45, 7) is 1.05. The van der Waals surface area contributed by atoms with E-state index in [-0.39, 0.29) is 12.4 Å². The summed E-state index contributed by atoms with van der Waals surface area (Å²) in [6, 6.07) is 4.90. The van der Waals surface area contributed by atoms with Gasteiger partial charge in [-0.25, -0.2) is 0 Å². The van der Waals surface area contributed by atoms with Crippen molar-refractivity contribution < 1.29 is 14.3 Å². The zero-order chi connectivity index (χ0) is 9.26. The van der Waals surface area contributed by atoms with Gasteiger partial charge in [-0.3, -0.25) is 4.79 Å². The van der Waals surface area contributed by atoms with Crippen LogP contribution in [0.4, 0.5) is 0 Å². The summed E-state index contributed by atoms with van der Waals surface area (Å²) in [7, 11) is 0. The van der Waals surface area contributed by atoms with Crippen molar-refractivity contribution in [2.75, 3.05) is 13.2 Å². The summed E-state index contributed by atoms with van der Waals surface area (Å²) >= 11 is 0. The van der Waals surface area contributed by atoms with Crippen LogP contribution in [-0.2, 0) is 0 Å². The van der Waals surface area contributed by atoms with E-state index in [4.69, 9.17) is 15.2 Å². The van der Waals surface area contributed by atoms with Gasteiger partial charge in [0.15, 0.2) is 11.5 Å². The highest BCUT2D eigenvalue weighted by Crippen LogP contribution is 2.30. The van der Waals surface area contributed by atoms with E-state index in [0.29, 0.717) is 30.3 Å². The first-order valence-corrected chi connectivity index (χ1v) is 3.97. The highest BCUT2D eigenvalue weighted by atomic mass is 35.5. The summed E-state index contributed by atoms with van der Waals surface area (Å²) < 4.78 is 10.6. The number of fused-ring (bicyclic) bond motifs is 1. The summed E-state index contributed by atoms with van der Waals surface area (Å²) in [5.74, 6) is 0.788. The van der Waals surface area contributed by atoms with Crippen LogP contribution in [0.5, 0.6) is 11.5 Å². The third-order valence-electron chi connectivity index (χ3n) is 1.83.